The number of carbonyl (C=O) groups excluding carboxylic acids is 1. The van der Waals surface area contributed by atoms with Gasteiger partial charge in [-0.05, 0) is 45.1 Å². The van der Waals surface area contributed by atoms with Crippen molar-refractivity contribution in [1.82, 2.24) is 5.32 Å². The molecule has 5 heteroatoms. The summed E-state index contributed by atoms with van der Waals surface area (Å²) in [5.74, 6) is 0.0602. The average Bonchev–Trinajstić information content (AvgIpc) is 2.65. The molecule has 1 heterocycles. The Morgan fingerprint density at radius 3 is 2.10 bits per heavy atom. The molecular formula is C16H24BNO3. The molecule has 2 rings (SSSR count). The second kappa shape index (κ2) is 5.81. The van der Waals surface area contributed by atoms with E-state index in [4.69, 9.17) is 9.31 Å². The van der Waals surface area contributed by atoms with E-state index in [1.807, 2.05) is 52.0 Å². The SMILES string of the molecule is CNC(=O)CCc1ccc(B2OC(C)(C)C(C)(C)O2)cc1. The highest BCUT2D eigenvalue weighted by atomic mass is 16.7. The highest BCUT2D eigenvalue weighted by Crippen LogP contribution is 2.36. The molecule has 21 heavy (non-hydrogen) atoms. The summed E-state index contributed by atoms with van der Waals surface area (Å²) >= 11 is 0. The molecule has 1 aromatic carbocycles. The molecule has 1 aromatic rings. The third-order valence-corrected chi connectivity index (χ3v) is 4.42. The van der Waals surface area contributed by atoms with Gasteiger partial charge in [0, 0.05) is 13.5 Å². The maximum absolute atomic E-state index is 11.3. The second-order valence-electron chi connectivity index (χ2n) is 6.50. The zero-order valence-electron chi connectivity index (χ0n) is 13.5. The molecule has 1 fully saturated rings. The Labute approximate surface area is 127 Å². The van der Waals surface area contributed by atoms with Gasteiger partial charge in [0.05, 0.1) is 11.2 Å². The summed E-state index contributed by atoms with van der Waals surface area (Å²) in [6.07, 6.45) is 1.25. The van der Waals surface area contributed by atoms with Gasteiger partial charge in [0.2, 0.25) is 5.91 Å². The molecule has 0 saturated carbocycles. The van der Waals surface area contributed by atoms with E-state index in [9.17, 15) is 4.79 Å². The Hall–Kier alpha value is -1.33. The van der Waals surface area contributed by atoms with Crippen LogP contribution in [0.25, 0.3) is 0 Å². The fourth-order valence-electron chi connectivity index (χ4n) is 2.20. The van der Waals surface area contributed by atoms with Gasteiger partial charge in [-0.3, -0.25) is 4.79 Å². The fraction of sp³-hybridized carbons (Fsp3) is 0.562. The number of nitrogens with one attached hydrogen (secondary N) is 1. The first-order valence-electron chi connectivity index (χ1n) is 7.40. The van der Waals surface area contributed by atoms with E-state index in [1.54, 1.807) is 7.05 Å². The van der Waals surface area contributed by atoms with E-state index in [0.717, 1.165) is 17.4 Å². The molecule has 0 aliphatic carbocycles. The highest BCUT2D eigenvalue weighted by molar-refractivity contribution is 6.62. The molecule has 0 unspecified atom stereocenters. The van der Waals surface area contributed by atoms with Crippen LogP contribution in [0.3, 0.4) is 0 Å². The topological polar surface area (TPSA) is 47.6 Å². The van der Waals surface area contributed by atoms with E-state index in [-0.39, 0.29) is 24.2 Å². The van der Waals surface area contributed by atoms with Crippen LogP contribution in [0.15, 0.2) is 24.3 Å². The Balaban J connectivity index is 2.02. The minimum Gasteiger partial charge on any atom is -0.399 e. The molecule has 0 aromatic heterocycles. The number of aryl methyl sites for hydroxylation is 1. The first-order valence-corrected chi connectivity index (χ1v) is 7.40. The first kappa shape index (κ1) is 16.1. The van der Waals surface area contributed by atoms with Crippen LogP contribution < -0.4 is 10.8 Å². The van der Waals surface area contributed by atoms with Crippen molar-refractivity contribution in [3.05, 3.63) is 29.8 Å². The predicted octanol–water partition coefficient (Wildman–Crippen LogP) is 1.66. The predicted molar refractivity (Wildman–Crippen MR) is 84.5 cm³/mol. The fourth-order valence-corrected chi connectivity index (χ4v) is 2.20. The summed E-state index contributed by atoms with van der Waals surface area (Å²) in [6, 6.07) is 8.09. The van der Waals surface area contributed by atoms with Crippen LogP contribution in [-0.2, 0) is 20.5 Å². The summed E-state index contributed by atoms with van der Waals surface area (Å²) in [5.41, 5.74) is 1.50. The Morgan fingerprint density at radius 2 is 1.62 bits per heavy atom. The van der Waals surface area contributed by atoms with E-state index >= 15 is 0 Å². The lowest BCUT2D eigenvalue weighted by Gasteiger charge is -2.32. The normalized spacial score (nSPS) is 19.6. The smallest absolute Gasteiger partial charge is 0.399 e. The van der Waals surface area contributed by atoms with E-state index in [2.05, 4.69) is 5.32 Å². The molecule has 1 N–H and O–H groups in total. The van der Waals surface area contributed by atoms with Crippen LogP contribution >= 0.6 is 0 Å². The van der Waals surface area contributed by atoms with Crippen molar-refractivity contribution < 1.29 is 14.1 Å². The summed E-state index contributed by atoms with van der Waals surface area (Å²) in [4.78, 5) is 11.3. The zero-order valence-corrected chi connectivity index (χ0v) is 13.5. The largest absolute Gasteiger partial charge is 0.494 e. The quantitative estimate of drug-likeness (QED) is 0.858. The van der Waals surface area contributed by atoms with Crippen molar-refractivity contribution in [1.29, 1.82) is 0 Å². The van der Waals surface area contributed by atoms with Crippen LogP contribution in [0.4, 0.5) is 0 Å². The van der Waals surface area contributed by atoms with Crippen LogP contribution in [0.2, 0.25) is 0 Å². The van der Waals surface area contributed by atoms with Gasteiger partial charge in [-0.1, -0.05) is 24.3 Å². The highest BCUT2D eigenvalue weighted by Gasteiger charge is 2.51. The molecule has 0 radical (unpaired) electrons. The molecule has 0 bridgehead atoms. The van der Waals surface area contributed by atoms with Gasteiger partial charge < -0.3 is 14.6 Å². The molecule has 0 atom stereocenters. The van der Waals surface area contributed by atoms with Crippen molar-refractivity contribution in [2.45, 2.75) is 51.7 Å². The first-order chi connectivity index (χ1) is 9.75. The van der Waals surface area contributed by atoms with Gasteiger partial charge in [-0.25, -0.2) is 0 Å². The van der Waals surface area contributed by atoms with Gasteiger partial charge in [0.1, 0.15) is 0 Å². The Bertz CT molecular complexity index is 495. The Kier molecular flexibility index (Phi) is 4.44. The molecular weight excluding hydrogens is 265 g/mol. The van der Waals surface area contributed by atoms with Gasteiger partial charge in [0.15, 0.2) is 0 Å². The minimum absolute atomic E-state index is 0.0602. The number of carbonyl (C=O) groups is 1. The van der Waals surface area contributed by atoms with Crippen molar-refractivity contribution in [3.8, 4) is 0 Å². The molecule has 1 aliphatic heterocycles. The van der Waals surface area contributed by atoms with Crippen molar-refractivity contribution in [2.24, 2.45) is 0 Å². The maximum Gasteiger partial charge on any atom is 0.494 e. The number of benzene rings is 1. The third-order valence-electron chi connectivity index (χ3n) is 4.42. The van der Waals surface area contributed by atoms with Crippen LogP contribution in [0.5, 0.6) is 0 Å². The van der Waals surface area contributed by atoms with Gasteiger partial charge in [0.25, 0.3) is 0 Å². The summed E-state index contributed by atoms with van der Waals surface area (Å²) in [6.45, 7) is 8.19. The minimum atomic E-state index is -0.331. The lowest BCUT2D eigenvalue weighted by Crippen LogP contribution is -2.41. The monoisotopic (exact) mass is 289 g/mol. The van der Waals surface area contributed by atoms with E-state index < -0.39 is 0 Å². The maximum atomic E-state index is 11.3. The molecule has 1 saturated heterocycles. The van der Waals surface area contributed by atoms with Crippen molar-refractivity contribution in [2.75, 3.05) is 7.05 Å². The molecule has 114 valence electrons. The van der Waals surface area contributed by atoms with Crippen molar-refractivity contribution >= 4 is 18.5 Å². The molecule has 4 nitrogen and oxygen atoms in total. The Morgan fingerprint density at radius 1 is 1.10 bits per heavy atom. The van der Waals surface area contributed by atoms with Gasteiger partial charge in [-0.15, -0.1) is 0 Å². The third kappa shape index (κ3) is 3.47. The number of hydrogen-bond donors (Lipinski definition) is 1. The van der Waals surface area contributed by atoms with Crippen molar-refractivity contribution in [3.63, 3.8) is 0 Å². The van der Waals surface area contributed by atoms with Gasteiger partial charge in [-0.2, -0.15) is 0 Å². The van der Waals surface area contributed by atoms with Gasteiger partial charge >= 0.3 is 7.12 Å². The second-order valence-corrected chi connectivity index (χ2v) is 6.50. The number of rotatable bonds is 4. The standard InChI is InChI=1S/C16H24BNO3/c1-15(2)16(3,4)21-17(20-15)13-9-6-12(7-10-13)8-11-14(19)18-5/h6-7,9-10H,8,11H2,1-5H3,(H,18,19). The van der Waals surface area contributed by atoms with E-state index in [0.29, 0.717) is 6.42 Å². The average molecular weight is 289 g/mol. The molecule has 0 spiro atoms. The van der Waals surface area contributed by atoms with E-state index in [1.165, 1.54) is 0 Å². The zero-order chi connectivity index (χ0) is 15.7. The summed E-state index contributed by atoms with van der Waals surface area (Å²) < 4.78 is 12.0. The lowest BCUT2D eigenvalue weighted by atomic mass is 9.78. The van der Waals surface area contributed by atoms with Crippen LogP contribution in [-0.4, -0.2) is 31.3 Å². The lowest BCUT2D eigenvalue weighted by molar-refractivity contribution is -0.120. The molecule has 1 amide bonds. The van der Waals surface area contributed by atoms with Crippen LogP contribution in [0.1, 0.15) is 39.7 Å². The summed E-state index contributed by atoms with van der Waals surface area (Å²) in [5, 5.41) is 2.63. The number of amides is 1. The number of hydrogen-bond acceptors (Lipinski definition) is 3. The summed E-state index contributed by atoms with van der Waals surface area (Å²) in [7, 11) is 1.33. The molecule has 1 aliphatic rings. The van der Waals surface area contributed by atoms with Crippen LogP contribution in [0, 0.1) is 0 Å².